The number of nitrogens with one attached hydrogen (secondary N) is 2. The minimum absolute atomic E-state index is 0. The van der Waals surface area contributed by atoms with Crippen LogP contribution in [0.25, 0.3) is 0 Å². The lowest BCUT2D eigenvalue weighted by atomic mass is 10.2. The molecule has 0 aliphatic heterocycles. The number of hydrogen-bond donors (Lipinski definition) is 3. The van der Waals surface area contributed by atoms with Gasteiger partial charge in [-0.25, -0.2) is 0 Å². The van der Waals surface area contributed by atoms with Crippen molar-refractivity contribution in [2.45, 2.75) is 32.2 Å². The highest BCUT2D eigenvalue weighted by Gasteiger charge is 2.21. The van der Waals surface area contributed by atoms with Crippen LogP contribution < -0.4 is 16.4 Å². The number of carbonyl (C=O) groups is 1. The molecule has 0 aromatic carbocycles. The summed E-state index contributed by atoms with van der Waals surface area (Å²) in [7, 11) is 0. The Hall–Kier alpha value is -1.25. The average molecular weight is 392 g/mol. The molecule has 0 bridgehead atoms. The molecule has 2 rings (SSSR count). The number of nitrogens with zero attached hydrogens (tertiary/aromatic N) is 1. The van der Waals surface area contributed by atoms with Gasteiger partial charge in [0.05, 0.1) is 6.26 Å². The number of rotatable bonds is 6. The van der Waals surface area contributed by atoms with Crippen molar-refractivity contribution in [1.29, 1.82) is 0 Å². The van der Waals surface area contributed by atoms with Gasteiger partial charge in [-0.05, 0) is 32.3 Å². The SMILES string of the molecule is Cc1ccoc1C(=O)NCCCN=C(N)NC1CC1.I. The molecule has 1 amide bonds. The van der Waals surface area contributed by atoms with Gasteiger partial charge < -0.3 is 20.8 Å². The summed E-state index contributed by atoms with van der Waals surface area (Å²) in [6.45, 7) is 3.00. The summed E-state index contributed by atoms with van der Waals surface area (Å²) in [5.74, 6) is 0.685. The number of nitrogens with two attached hydrogens (primary N) is 1. The topological polar surface area (TPSA) is 92.7 Å². The maximum absolute atomic E-state index is 11.7. The Bertz CT molecular complexity index is 469. The zero-order valence-electron chi connectivity index (χ0n) is 11.5. The van der Waals surface area contributed by atoms with Crippen LogP contribution in [0.3, 0.4) is 0 Å². The Kier molecular flexibility index (Phi) is 6.83. The summed E-state index contributed by atoms with van der Waals surface area (Å²) in [5.41, 5.74) is 6.53. The number of furan rings is 1. The van der Waals surface area contributed by atoms with Crippen LogP contribution in [-0.2, 0) is 0 Å². The van der Waals surface area contributed by atoms with Crippen molar-refractivity contribution in [3.63, 3.8) is 0 Å². The number of amides is 1. The first-order valence-electron chi connectivity index (χ1n) is 6.55. The van der Waals surface area contributed by atoms with Crippen molar-refractivity contribution in [2.24, 2.45) is 10.7 Å². The predicted octanol–water partition coefficient (Wildman–Crippen LogP) is 1.39. The van der Waals surface area contributed by atoms with Crippen LogP contribution >= 0.6 is 24.0 Å². The highest BCUT2D eigenvalue weighted by Crippen LogP contribution is 2.17. The third-order valence-electron chi connectivity index (χ3n) is 2.90. The second-order valence-corrected chi connectivity index (χ2v) is 4.73. The molecule has 1 aromatic rings. The molecule has 112 valence electrons. The number of carbonyl (C=O) groups excluding carboxylic acids is 1. The largest absolute Gasteiger partial charge is 0.459 e. The first-order chi connectivity index (χ1) is 9.16. The molecule has 0 saturated heterocycles. The highest BCUT2D eigenvalue weighted by molar-refractivity contribution is 14.0. The summed E-state index contributed by atoms with van der Waals surface area (Å²) in [6.07, 6.45) is 4.61. The Labute approximate surface area is 135 Å². The van der Waals surface area contributed by atoms with E-state index in [0.29, 0.717) is 30.9 Å². The third kappa shape index (κ3) is 5.40. The molecule has 1 aliphatic carbocycles. The molecule has 0 spiro atoms. The Balaban J connectivity index is 0.00000200. The number of aryl methyl sites for hydroxylation is 1. The van der Waals surface area contributed by atoms with Gasteiger partial charge in [-0.3, -0.25) is 9.79 Å². The van der Waals surface area contributed by atoms with Crippen LogP contribution in [0.4, 0.5) is 0 Å². The van der Waals surface area contributed by atoms with Gasteiger partial charge in [-0.15, -0.1) is 24.0 Å². The zero-order chi connectivity index (χ0) is 13.7. The van der Waals surface area contributed by atoms with Gasteiger partial charge in [0.15, 0.2) is 11.7 Å². The van der Waals surface area contributed by atoms with Gasteiger partial charge in [0.1, 0.15) is 0 Å². The lowest BCUT2D eigenvalue weighted by molar-refractivity contribution is 0.0925. The van der Waals surface area contributed by atoms with E-state index in [4.69, 9.17) is 10.2 Å². The van der Waals surface area contributed by atoms with Crippen molar-refractivity contribution >= 4 is 35.8 Å². The fraction of sp³-hybridized carbons (Fsp3) is 0.538. The van der Waals surface area contributed by atoms with Gasteiger partial charge in [-0.2, -0.15) is 0 Å². The smallest absolute Gasteiger partial charge is 0.287 e. The Morgan fingerprint density at radius 3 is 2.90 bits per heavy atom. The van der Waals surface area contributed by atoms with Crippen molar-refractivity contribution in [3.05, 3.63) is 23.7 Å². The summed E-state index contributed by atoms with van der Waals surface area (Å²) < 4.78 is 5.10. The number of halogens is 1. The van der Waals surface area contributed by atoms with Gasteiger partial charge in [0, 0.05) is 24.7 Å². The second kappa shape index (κ2) is 8.13. The average Bonchev–Trinajstić information content (AvgIpc) is 3.07. The quantitative estimate of drug-likeness (QED) is 0.295. The molecule has 0 atom stereocenters. The van der Waals surface area contributed by atoms with Crippen molar-refractivity contribution in [3.8, 4) is 0 Å². The maximum atomic E-state index is 11.7. The summed E-state index contributed by atoms with van der Waals surface area (Å²) in [4.78, 5) is 15.9. The Morgan fingerprint density at radius 1 is 1.55 bits per heavy atom. The lowest BCUT2D eigenvalue weighted by Crippen LogP contribution is -2.33. The summed E-state index contributed by atoms with van der Waals surface area (Å²) >= 11 is 0. The van der Waals surface area contributed by atoms with Gasteiger partial charge in [0.2, 0.25) is 0 Å². The monoisotopic (exact) mass is 392 g/mol. The van der Waals surface area contributed by atoms with E-state index < -0.39 is 0 Å². The van der Waals surface area contributed by atoms with Crippen molar-refractivity contribution < 1.29 is 9.21 Å². The molecule has 6 nitrogen and oxygen atoms in total. The van der Waals surface area contributed by atoms with E-state index in [1.807, 2.05) is 6.92 Å². The van der Waals surface area contributed by atoms with E-state index >= 15 is 0 Å². The maximum Gasteiger partial charge on any atom is 0.287 e. The van der Waals surface area contributed by atoms with E-state index in [1.165, 1.54) is 19.1 Å². The molecular weight excluding hydrogens is 371 g/mol. The normalized spacial score (nSPS) is 14.6. The molecule has 1 fully saturated rings. The van der Waals surface area contributed by atoms with Gasteiger partial charge in [-0.1, -0.05) is 0 Å². The van der Waals surface area contributed by atoms with Crippen LogP contribution in [0.5, 0.6) is 0 Å². The molecule has 0 unspecified atom stereocenters. The standard InChI is InChI=1S/C13H20N4O2.HI/c1-9-5-8-19-11(9)12(18)15-6-2-7-16-13(14)17-10-3-4-10;/h5,8,10H,2-4,6-7H2,1H3,(H,15,18)(H3,14,16,17);1H. The van der Waals surface area contributed by atoms with E-state index in [-0.39, 0.29) is 29.9 Å². The Morgan fingerprint density at radius 2 is 2.30 bits per heavy atom. The molecule has 1 heterocycles. The fourth-order valence-electron chi connectivity index (χ4n) is 1.65. The summed E-state index contributed by atoms with van der Waals surface area (Å²) in [5, 5.41) is 5.90. The predicted molar refractivity (Wildman–Crippen MR) is 88.5 cm³/mol. The van der Waals surface area contributed by atoms with E-state index in [0.717, 1.165) is 12.0 Å². The first-order valence-corrected chi connectivity index (χ1v) is 6.55. The minimum atomic E-state index is -0.185. The molecule has 4 N–H and O–H groups in total. The van der Waals surface area contributed by atoms with Crippen LogP contribution in [0.15, 0.2) is 21.7 Å². The van der Waals surface area contributed by atoms with E-state index in [9.17, 15) is 4.79 Å². The molecule has 7 heteroatoms. The molecule has 1 aromatic heterocycles. The van der Waals surface area contributed by atoms with Crippen LogP contribution in [-0.4, -0.2) is 31.0 Å². The van der Waals surface area contributed by atoms with Gasteiger partial charge >= 0.3 is 0 Å². The zero-order valence-corrected chi connectivity index (χ0v) is 13.8. The number of aliphatic imine (C=N–C) groups is 1. The highest BCUT2D eigenvalue weighted by atomic mass is 127. The van der Waals surface area contributed by atoms with Crippen LogP contribution in [0.2, 0.25) is 0 Å². The summed E-state index contributed by atoms with van der Waals surface area (Å²) in [6, 6.07) is 2.29. The molecule has 20 heavy (non-hydrogen) atoms. The van der Waals surface area contributed by atoms with Crippen LogP contribution in [0.1, 0.15) is 35.4 Å². The molecule has 1 aliphatic rings. The van der Waals surface area contributed by atoms with E-state index in [1.54, 1.807) is 6.07 Å². The first kappa shape index (κ1) is 16.8. The number of hydrogen-bond acceptors (Lipinski definition) is 3. The van der Waals surface area contributed by atoms with E-state index in [2.05, 4.69) is 15.6 Å². The fourth-order valence-corrected chi connectivity index (χ4v) is 1.65. The number of guanidine groups is 1. The molecule has 1 saturated carbocycles. The molecule has 0 radical (unpaired) electrons. The third-order valence-corrected chi connectivity index (χ3v) is 2.90. The van der Waals surface area contributed by atoms with Crippen LogP contribution in [0, 0.1) is 6.92 Å². The molecular formula is C13H21IN4O2. The minimum Gasteiger partial charge on any atom is -0.459 e. The lowest BCUT2D eigenvalue weighted by Gasteiger charge is -2.04. The van der Waals surface area contributed by atoms with Crippen molar-refractivity contribution in [1.82, 2.24) is 10.6 Å². The second-order valence-electron chi connectivity index (χ2n) is 4.73. The van der Waals surface area contributed by atoms with Gasteiger partial charge in [0.25, 0.3) is 5.91 Å². The van der Waals surface area contributed by atoms with Crippen molar-refractivity contribution in [2.75, 3.05) is 13.1 Å².